The lowest BCUT2D eigenvalue weighted by Crippen LogP contribution is -2.24. The summed E-state index contributed by atoms with van der Waals surface area (Å²) < 4.78 is 5.80. The van der Waals surface area contributed by atoms with Gasteiger partial charge in [0, 0.05) is 30.8 Å². The molecule has 0 heterocycles. The number of fused-ring (bicyclic) bond motifs is 1. The van der Waals surface area contributed by atoms with Crippen molar-refractivity contribution in [2.45, 2.75) is 52.9 Å². The van der Waals surface area contributed by atoms with Gasteiger partial charge >= 0.3 is 5.97 Å². The van der Waals surface area contributed by atoms with Gasteiger partial charge in [0.25, 0.3) is 0 Å². The molecule has 0 bridgehead atoms. The van der Waals surface area contributed by atoms with Crippen LogP contribution in [-0.4, -0.2) is 35.7 Å². The number of benzene rings is 1. The van der Waals surface area contributed by atoms with Crippen molar-refractivity contribution in [2.75, 3.05) is 19.7 Å². The molecular formula is C20H29NO3. The molecular weight excluding hydrogens is 302 g/mol. The first kappa shape index (κ1) is 18.4. The summed E-state index contributed by atoms with van der Waals surface area (Å²) in [4.78, 5) is 13.6. The monoisotopic (exact) mass is 331 g/mol. The summed E-state index contributed by atoms with van der Waals surface area (Å²) in [5, 5.41) is 9.17. The Bertz CT molecular complexity index is 601. The molecule has 0 amide bonds. The van der Waals surface area contributed by atoms with Crippen LogP contribution >= 0.6 is 0 Å². The second kappa shape index (κ2) is 8.76. The molecule has 1 N–H and O–H groups in total. The minimum Gasteiger partial charge on any atom is -0.493 e. The summed E-state index contributed by atoms with van der Waals surface area (Å²) in [6, 6.07) is 4.04. The van der Waals surface area contributed by atoms with Gasteiger partial charge in [0.15, 0.2) is 0 Å². The fraction of sp³-hybridized carbons (Fsp3) is 0.550. The van der Waals surface area contributed by atoms with E-state index in [9.17, 15) is 4.79 Å². The Balaban J connectivity index is 2.28. The van der Waals surface area contributed by atoms with E-state index < -0.39 is 5.97 Å². The summed E-state index contributed by atoms with van der Waals surface area (Å²) in [5.41, 5.74) is 4.48. The van der Waals surface area contributed by atoms with Crippen molar-refractivity contribution in [2.24, 2.45) is 0 Å². The van der Waals surface area contributed by atoms with Gasteiger partial charge in [0.1, 0.15) is 5.75 Å². The molecule has 1 aromatic rings. The zero-order valence-corrected chi connectivity index (χ0v) is 15.1. The van der Waals surface area contributed by atoms with E-state index in [-0.39, 0.29) is 6.42 Å². The molecule has 4 nitrogen and oxygen atoms in total. The number of nitrogens with zero attached hydrogens (tertiary/aromatic N) is 1. The summed E-state index contributed by atoms with van der Waals surface area (Å²) in [7, 11) is 0. The molecule has 132 valence electrons. The summed E-state index contributed by atoms with van der Waals surface area (Å²) in [6.07, 6.45) is 6.30. The van der Waals surface area contributed by atoms with Gasteiger partial charge in [-0.3, -0.25) is 4.79 Å². The van der Waals surface area contributed by atoms with Crippen LogP contribution in [0.15, 0.2) is 17.8 Å². The van der Waals surface area contributed by atoms with Crippen molar-refractivity contribution in [3.05, 3.63) is 34.5 Å². The zero-order valence-electron chi connectivity index (χ0n) is 15.1. The van der Waals surface area contributed by atoms with E-state index >= 15 is 0 Å². The van der Waals surface area contributed by atoms with Crippen LogP contribution in [0.5, 0.6) is 5.75 Å². The Labute approximate surface area is 145 Å². The van der Waals surface area contributed by atoms with Gasteiger partial charge in [-0.1, -0.05) is 20.8 Å². The van der Waals surface area contributed by atoms with Gasteiger partial charge in [0.05, 0.1) is 13.0 Å². The first-order chi connectivity index (χ1) is 11.6. The van der Waals surface area contributed by atoms with E-state index in [1.807, 2.05) is 12.1 Å². The molecule has 0 radical (unpaired) electrons. The van der Waals surface area contributed by atoms with Gasteiger partial charge in [-0.15, -0.1) is 0 Å². The first-order valence-electron chi connectivity index (χ1n) is 9.04. The molecule has 4 heteroatoms. The maximum absolute atomic E-state index is 11.2. The van der Waals surface area contributed by atoms with Crippen molar-refractivity contribution in [3.63, 3.8) is 0 Å². The largest absolute Gasteiger partial charge is 0.493 e. The summed E-state index contributed by atoms with van der Waals surface area (Å²) >= 11 is 0. The van der Waals surface area contributed by atoms with Crippen LogP contribution in [0.25, 0.3) is 6.08 Å². The lowest BCUT2D eigenvalue weighted by atomic mass is 10.0. The van der Waals surface area contributed by atoms with Crippen molar-refractivity contribution >= 4 is 12.0 Å². The summed E-state index contributed by atoms with van der Waals surface area (Å²) in [5.74, 6) is -0.0951. The normalized spacial score (nSPS) is 12.7. The third kappa shape index (κ3) is 4.53. The van der Waals surface area contributed by atoms with Crippen molar-refractivity contribution in [1.29, 1.82) is 0 Å². The highest BCUT2D eigenvalue weighted by atomic mass is 16.5. The van der Waals surface area contributed by atoms with E-state index in [1.54, 1.807) is 0 Å². The molecule has 0 atom stereocenters. The number of hydrogen-bond donors (Lipinski definition) is 1. The van der Waals surface area contributed by atoms with Crippen molar-refractivity contribution in [1.82, 2.24) is 4.90 Å². The van der Waals surface area contributed by atoms with E-state index in [0.717, 1.165) is 55.6 Å². The molecule has 2 rings (SSSR count). The van der Waals surface area contributed by atoms with E-state index in [1.165, 1.54) is 11.3 Å². The average Bonchev–Trinajstić information content (AvgIpc) is 2.94. The van der Waals surface area contributed by atoms with Crippen molar-refractivity contribution in [3.8, 4) is 5.75 Å². The highest BCUT2D eigenvalue weighted by Gasteiger charge is 2.20. The Morgan fingerprint density at radius 2 is 1.88 bits per heavy atom. The second-order valence-corrected chi connectivity index (χ2v) is 6.38. The molecule has 1 aromatic carbocycles. The minimum absolute atomic E-state index is 0.00311. The molecule has 0 aliphatic heterocycles. The Kier molecular flexibility index (Phi) is 6.71. The molecule has 1 aliphatic carbocycles. The molecule has 0 spiro atoms. The quantitative estimate of drug-likeness (QED) is 0.700. The van der Waals surface area contributed by atoms with Crippen LogP contribution in [0.1, 0.15) is 56.7 Å². The maximum atomic E-state index is 11.2. The molecule has 0 saturated heterocycles. The fourth-order valence-corrected chi connectivity index (χ4v) is 3.19. The number of hydrogen-bond acceptors (Lipinski definition) is 3. The first-order valence-corrected chi connectivity index (χ1v) is 9.04. The van der Waals surface area contributed by atoms with Gasteiger partial charge in [0.2, 0.25) is 0 Å². The second-order valence-electron chi connectivity index (χ2n) is 6.38. The lowest BCUT2D eigenvalue weighted by molar-refractivity contribution is -0.136. The van der Waals surface area contributed by atoms with Crippen LogP contribution in [0, 0.1) is 0 Å². The molecule has 1 aliphatic rings. The molecule has 0 aromatic heterocycles. The molecule has 0 saturated carbocycles. The van der Waals surface area contributed by atoms with E-state index in [4.69, 9.17) is 9.84 Å². The number of carboxylic acid groups (broad SMARTS) is 1. The van der Waals surface area contributed by atoms with Crippen LogP contribution < -0.4 is 4.74 Å². The highest BCUT2D eigenvalue weighted by molar-refractivity contribution is 5.74. The average molecular weight is 331 g/mol. The highest BCUT2D eigenvalue weighted by Crippen LogP contribution is 2.33. The summed E-state index contributed by atoms with van der Waals surface area (Å²) in [6.45, 7) is 9.20. The lowest BCUT2D eigenvalue weighted by Gasteiger charge is -2.25. The minimum atomic E-state index is -0.822. The third-order valence-electron chi connectivity index (χ3n) is 4.21. The van der Waals surface area contributed by atoms with E-state index in [0.29, 0.717) is 6.61 Å². The number of carbonyl (C=O) groups is 1. The number of allylic oxidation sites excluding steroid dienone is 1. The SMILES string of the molecule is CCCOc1cc2c(cc1CC(=O)O)C=C(N(CCC)CCC)C2. The van der Waals surface area contributed by atoms with Crippen LogP contribution in [-0.2, 0) is 17.6 Å². The Hall–Kier alpha value is -1.97. The van der Waals surface area contributed by atoms with Gasteiger partial charge in [-0.25, -0.2) is 0 Å². The molecule has 0 fully saturated rings. The van der Waals surface area contributed by atoms with Crippen LogP contribution in [0.4, 0.5) is 0 Å². The van der Waals surface area contributed by atoms with Crippen LogP contribution in [0.2, 0.25) is 0 Å². The number of rotatable bonds is 10. The van der Waals surface area contributed by atoms with Gasteiger partial charge in [-0.2, -0.15) is 0 Å². The molecule has 24 heavy (non-hydrogen) atoms. The zero-order chi connectivity index (χ0) is 17.5. The third-order valence-corrected chi connectivity index (χ3v) is 4.21. The fourth-order valence-electron chi connectivity index (χ4n) is 3.19. The molecule has 0 unspecified atom stereocenters. The Morgan fingerprint density at radius 1 is 1.17 bits per heavy atom. The van der Waals surface area contributed by atoms with Crippen LogP contribution in [0.3, 0.4) is 0 Å². The number of carboxylic acids is 1. The number of ether oxygens (including phenoxy) is 1. The topological polar surface area (TPSA) is 49.8 Å². The predicted molar refractivity (Wildman–Crippen MR) is 97.4 cm³/mol. The van der Waals surface area contributed by atoms with Gasteiger partial charge in [-0.05, 0) is 48.6 Å². The Morgan fingerprint density at radius 3 is 2.46 bits per heavy atom. The number of aliphatic carboxylic acids is 1. The van der Waals surface area contributed by atoms with Gasteiger partial charge < -0.3 is 14.7 Å². The predicted octanol–water partition coefficient (Wildman–Crippen LogP) is 4.12. The van der Waals surface area contributed by atoms with E-state index in [2.05, 4.69) is 31.7 Å². The standard InChI is InChI=1S/C20H29NO3/c1-4-7-21(8-5-2)18-11-15-10-17(14-20(22)23)19(24-9-6-3)13-16(15)12-18/h10-11,13H,4-9,12,14H2,1-3H3,(H,22,23). The maximum Gasteiger partial charge on any atom is 0.307 e. The smallest absolute Gasteiger partial charge is 0.307 e. The van der Waals surface area contributed by atoms with Crippen molar-refractivity contribution < 1.29 is 14.6 Å².